The van der Waals surface area contributed by atoms with Crippen molar-refractivity contribution < 1.29 is 0 Å². The maximum absolute atomic E-state index is 4.52. The van der Waals surface area contributed by atoms with Gasteiger partial charge in [0.1, 0.15) is 12.2 Å². The monoisotopic (exact) mass is 379 g/mol. The summed E-state index contributed by atoms with van der Waals surface area (Å²) in [6.45, 7) is 0.780. The molecule has 102 valence electrons. The SMILES string of the molecule is Cn1ccnc1CCn1cnc(-c2cccc(I)c2)n1. The van der Waals surface area contributed by atoms with Crippen LogP contribution in [0.25, 0.3) is 11.4 Å². The first kappa shape index (κ1) is 13.3. The number of imidazole rings is 1. The number of aryl methyl sites for hydroxylation is 3. The molecule has 0 spiro atoms. The van der Waals surface area contributed by atoms with Crippen molar-refractivity contribution in [3.05, 3.63) is 52.4 Å². The second-order valence-electron chi connectivity index (χ2n) is 4.55. The first-order valence-corrected chi connectivity index (χ1v) is 7.42. The van der Waals surface area contributed by atoms with Crippen molar-refractivity contribution in [2.45, 2.75) is 13.0 Å². The van der Waals surface area contributed by atoms with E-state index in [1.54, 1.807) is 6.33 Å². The molecule has 2 heterocycles. The highest BCUT2D eigenvalue weighted by molar-refractivity contribution is 14.1. The highest BCUT2D eigenvalue weighted by Gasteiger charge is 2.06. The van der Waals surface area contributed by atoms with Gasteiger partial charge in [-0.2, -0.15) is 5.10 Å². The van der Waals surface area contributed by atoms with Crippen molar-refractivity contribution >= 4 is 22.6 Å². The Morgan fingerprint density at radius 1 is 1.25 bits per heavy atom. The van der Waals surface area contributed by atoms with E-state index in [-0.39, 0.29) is 0 Å². The minimum Gasteiger partial charge on any atom is -0.338 e. The fourth-order valence-electron chi connectivity index (χ4n) is 2.01. The summed E-state index contributed by atoms with van der Waals surface area (Å²) in [6.07, 6.45) is 6.39. The third-order valence-corrected chi connectivity index (χ3v) is 3.78. The number of benzene rings is 1. The van der Waals surface area contributed by atoms with Crippen molar-refractivity contribution in [1.82, 2.24) is 24.3 Å². The Bertz CT molecular complexity index is 716. The highest BCUT2D eigenvalue weighted by atomic mass is 127. The molecule has 20 heavy (non-hydrogen) atoms. The van der Waals surface area contributed by atoms with Gasteiger partial charge >= 0.3 is 0 Å². The van der Waals surface area contributed by atoms with Gasteiger partial charge in [-0.15, -0.1) is 0 Å². The third-order valence-electron chi connectivity index (χ3n) is 3.10. The summed E-state index contributed by atoms with van der Waals surface area (Å²) in [5.74, 6) is 1.82. The zero-order chi connectivity index (χ0) is 13.9. The van der Waals surface area contributed by atoms with Gasteiger partial charge in [-0.25, -0.2) is 9.97 Å². The minimum atomic E-state index is 0.767. The van der Waals surface area contributed by atoms with E-state index in [0.717, 1.165) is 30.2 Å². The Morgan fingerprint density at radius 2 is 2.15 bits per heavy atom. The minimum absolute atomic E-state index is 0.767. The Hall–Kier alpha value is -1.70. The molecule has 0 amide bonds. The largest absolute Gasteiger partial charge is 0.338 e. The van der Waals surface area contributed by atoms with Crippen LogP contribution in [0.2, 0.25) is 0 Å². The van der Waals surface area contributed by atoms with E-state index in [1.807, 2.05) is 40.8 Å². The lowest BCUT2D eigenvalue weighted by atomic mass is 10.2. The molecule has 0 fully saturated rings. The second-order valence-corrected chi connectivity index (χ2v) is 5.79. The Morgan fingerprint density at radius 3 is 2.90 bits per heavy atom. The van der Waals surface area contributed by atoms with Crippen LogP contribution in [-0.4, -0.2) is 24.3 Å². The van der Waals surface area contributed by atoms with Crippen LogP contribution in [0.1, 0.15) is 5.82 Å². The van der Waals surface area contributed by atoms with E-state index in [1.165, 1.54) is 3.57 Å². The van der Waals surface area contributed by atoms with E-state index >= 15 is 0 Å². The first-order valence-electron chi connectivity index (χ1n) is 6.34. The van der Waals surface area contributed by atoms with Gasteiger partial charge < -0.3 is 4.57 Å². The lowest BCUT2D eigenvalue weighted by Crippen LogP contribution is -2.06. The van der Waals surface area contributed by atoms with Gasteiger partial charge in [0.25, 0.3) is 0 Å². The molecule has 1 aromatic carbocycles. The molecule has 3 rings (SSSR count). The fraction of sp³-hybridized carbons (Fsp3) is 0.214. The second kappa shape index (κ2) is 5.74. The number of hydrogen-bond donors (Lipinski definition) is 0. The van der Waals surface area contributed by atoms with Gasteiger partial charge in [0.2, 0.25) is 0 Å². The molecule has 6 heteroatoms. The molecular formula is C14H14IN5. The van der Waals surface area contributed by atoms with Crippen molar-refractivity contribution in [3.8, 4) is 11.4 Å². The predicted molar refractivity (Wildman–Crippen MR) is 85.1 cm³/mol. The van der Waals surface area contributed by atoms with Gasteiger partial charge in [0.15, 0.2) is 5.82 Å². The molecule has 2 aromatic heterocycles. The molecule has 3 aromatic rings. The van der Waals surface area contributed by atoms with Crippen LogP contribution in [0.15, 0.2) is 43.0 Å². The molecule has 0 saturated heterocycles. The van der Waals surface area contributed by atoms with E-state index in [4.69, 9.17) is 0 Å². The number of halogens is 1. The molecule has 0 bridgehead atoms. The Kier molecular flexibility index (Phi) is 3.81. The van der Waals surface area contributed by atoms with Gasteiger partial charge in [0.05, 0.1) is 0 Å². The summed E-state index contributed by atoms with van der Waals surface area (Å²) >= 11 is 2.29. The third kappa shape index (κ3) is 2.90. The summed E-state index contributed by atoms with van der Waals surface area (Å²) in [5.41, 5.74) is 1.05. The van der Waals surface area contributed by atoms with Gasteiger partial charge in [-0.3, -0.25) is 4.68 Å². The van der Waals surface area contributed by atoms with Crippen LogP contribution in [0.5, 0.6) is 0 Å². The average molecular weight is 379 g/mol. The van der Waals surface area contributed by atoms with Crippen LogP contribution in [0, 0.1) is 3.57 Å². The Balaban J connectivity index is 1.72. The zero-order valence-electron chi connectivity index (χ0n) is 11.1. The smallest absolute Gasteiger partial charge is 0.181 e. The summed E-state index contributed by atoms with van der Waals surface area (Å²) in [5, 5.41) is 4.52. The van der Waals surface area contributed by atoms with E-state index in [2.05, 4.69) is 49.8 Å². The maximum Gasteiger partial charge on any atom is 0.181 e. The lowest BCUT2D eigenvalue weighted by molar-refractivity contribution is 0.589. The standard InChI is InChI=1S/C14H14IN5/c1-19-8-6-16-13(19)5-7-20-10-17-14(18-20)11-3-2-4-12(15)9-11/h2-4,6,8-10H,5,7H2,1H3. The number of nitrogens with zero attached hydrogens (tertiary/aromatic N) is 5. The molecule has 0 unspecified atom stereocenters. The molecule has 0 aliphatic rings. The summed E-state index contributed by atoms with van der Waals surface area (Å²) in [4.78, 5) is 8.68. The van der Waals surface area contributed by atoms with Gasteiger partial charge in [-0.05, 0) is 34.7 Å². The van der Waals surface area contributed by atoms with Crippen molar-refractivity contribution in [2.75, 3.05) is 0 Å². The van der Waals surface area contributed by atoms with Crippen molar-refractivity contribution in [1.29, 1.82) is 0 Å². The van der Waals surface area contributed by atoms with Crippen molar-refractivity contribution in [2.24, 2.45) is 7.05 Å². The Labute approximate surface area is 130 Å². The zero-order valence-corrected chi connectivity index (χ0v) is 13.2. The molecule has 0 radical (unpaired) electrons. The lowest BCUT2D eigenvalue weighted by Gasteiger charge is -2.01. The molecule has 0 atom stereocenters. The van der Waals surface area contributed by atoms with E-state index < -0.39 is 0 Å². The molecule has 5 nitrogen and oxygen atoms in total. The van der Waals surface area contributed by atoms with Crippen LogP contribution < -0.4 is 0 Å². The topological polar surface area (TPSA) is 48.5 Å². The number of hydrogen-bond acceptors (Lipinski definition) is 3. The quantitative estimate of drug-likeness (QED) is 0.655. The average Bonchev–Trinajstić information content (AvgIpc) is 3.05. The number of rotatable bonds is 4. The van der Waals surface area contributed by atoms with E-state index in [9.17, 15) is 0 Å². The number of aromatic nitrogens is 5. The first-order chi connectivity index (χ1) is 9.72. The molecule has 0 saturated carbocycles. The highest BCUT2D eigenvalue weighted by Crippen LogP contribution is 2.17. The summed E-state index contributed by atoms with van der Waals surface area (Å²) < 4.78 is 5.07. The van der Waals surface area contributed by atoms with Crippen LogP contribution in [0.3, 0.4) is 0 Å². The van der Waals surface area contributed by atoms with Gasteiger partial charge in [-0.1, -0.05) is 12.1 Å². The maximum atomic E-state index is 4.52. The van der Waals surface area contributed by atoms with Crippen LogP contribution >= 0.6 is 22.6 Å². The summed E-state index contributed by atoms with van der Waals surface area (Å²) in [7, 11) is 2.00. The molecule has 0 aliphatic carbocycles. The van der Waals surface area contributed by atoms with Crippen LogP contribution in [0.4, 0.5) is 0 Å². The van der Waals surface area contributed by atoms with Crippen molar-refractivity contribution in [3.63, 3.8) is 0 Å². The molecular weight excluding hydrogens is 365 g/mol. The molecule has 0 aliphatic heterocycles. The summed E-state index contributed by atoms with van der Waals surface area (Å²) in [6, 6.07) is 8.19. The van der Waals surface area contributed by atoms with Gasteiger partial charge in [0, 0.05) is 41.5 Å². The molecule has 0 N–H and O–H groups in total. The van der Waals surface area contributed by atoms with E-state index in [0.29, 0.717) is 0 Å². The normalized spacial score (nSPS) is 10.9. The predicted octanol–water partition coefficient (Wildman–Crippen LogP) is 2.53. The van der Waals surface area contributed by atoms with Crippen LogP contribution in [-0.2, 0) is 20.0 Å². The fourth-order valence-corrected chi connectivity index (χ4v) is 2.56.